The highest BCUT2D eigenvalue weighted by Crippen LogP contribution is 2.23. The summed E-state index contributed by atoms with van der Waals surface area (Å²) < 4.78 is 0. The van der Waals surface area contributed by atoms with Crippen LogP contribution in [0.1, 0.15) is 16.1 Å². The van der Waals surface area contributed by atoms with E-state index in [2.05, 4.69) is 41.8 Å². The third-order valence-electron chi connectivity index (χ3n) is 3.24. The molecule has 0 aliphatic heterocycles. The minimum absolute atomic E-state index is 0.593. The van der Waals surface area contributed by atoms with E-state index >= 15 is 0 Å². The first-order valence-corrected chi connectivity index (χ1v) is 7.51. The molecule has 3 heteroatoms. The van der Waals surface area contributed by atoms with Crippen LogP contribution in [0.15, 0.2) is 60.0 Å². The van der Waals surface area contributed by atoms with Crippen LogP contribution in [-0.4, -0.2) is 4.98 Å². The highest BCUT2D eigenvalue weighted by molar-refractivity contribution is 7.10. The van der Waals surface area contributed by atoms with Gasteiger partial charge in [-0.15, -0.1) is 11.3 Å². The first-order chi connectivity index (χ1) is 9.85. The smallest absolute Gasteiger partial charge is 0.0976 e. The van der Waals surface area contributed by atoms with E-state index in [-0.39, 0.29) is 0 Å². The second kappa shape index (κ2) is 5.99. The first kappa shape index (κ1) is 13.0. The Bertz CT molecular complexity index is 672. The summed E-state index contributed by atoms with van der Waals surface area (Å²) in [6.45, 7) is 0.593. The molecule has 3 aromatic rings. The van der Waals surface area contributed by atoms with Crippen molar-refractivity contribution in [3.8, 4) is 11.3 Å². The van der Waals surface area contributed by atoms with Crippen LogP contribution in [0.2, 0.25) is 0 Å². The lowest BCUT2D eigenvalue weighted by Gasteiger charge is -2.00. The number of nitrogens with zero attached hydrogens (tertiary/aromatic N) is 1. The molecule has 0 spiro atoms. The van der Waals surface area contributed by atoms with Crippen molar-refractivity contribution in [2.45, 2.75) is 13.0 Å². The summed E-state index contributed by atoms with van der Waals surface area (Å²) in [6, 6.07) is 18.7. The minimum atomic E-state index is 0.593. The molecule has 1 aromatic heterocycles. The van der Waals surface area contributed by atoms with Crippen molar-refractivity contribution in [3.63, 3.8) is 0 Å². The van der Waals surface area contributed by atoms with Gasteiger partial charge in [0.15, 0.2) is 0 Å². The molecule has 2 nitrogen and oxygen atoms in total. The monoisotopic (exact) mass is 280 g/mol. The Balaban J connectivity index is 1.77. The van der Waals surface area contributed by atoms with Crippen LogP contribution < -0.4 is 5.73 Å². The van der Waals surface area contributed by atoms with Crippen molar-refractivity contribution in [2.24, 2.45) is 5.73 Å². The standard InChI is InChI=1S/C17H16N2S/c18-11-14-8-6-13(7-9-14)10-17-19-16(12-20-17)15-4-2-1-3-5-15/h1-9,12H,10-11,18H2. The molecule has 0 unspecified atom stereocenters. The predicted molar refractivity (Wildman–Crippen MR) is 84.7 cm³/mol. The molecule has 0 saturated heterocycles. The molecule has 0 saturated carbocycles. The summed E-state index contributed by atoms with van der Waals surface area (Å²) in [5.74, 6) is 0. The zero-order valence-electron chi connectivity index (χ0n) is 11.1. The summed E-state index contributed by atoms with van der Waals surface area (Å²) in [6.07, 6.45) is 0.877. The van der Waals surface area contributed by atoms with Gasteiger partial charge in [-0.2, -0.15) is 0 Å². The molecule has 0 bridgehead atoms. The average molecular weight is 280 g/mol. The Labute approximate surface area is 122 Å². The van der Waals surface area contributed by atoms with Gasteiger partial charge in [0.2, 0.25) is 0 Å². The maximum absolute atomic E-state index is 5.61. The number of hydrogen-bond acceptors (Lipinski definition) is 3. The largest absolute Gasteiger partial charge is 0.326 e. The van der Waals surface area contributed by atoms with Crippen LogP contribution in [0.25, 0.3) is 11.3 Å². The van der Waals surface area contributed by atoms with Crippen LogP contribution in [0, 0.1) is 0 Å². The fraction of sp³-hybridized carbons (Fsp3) is 0.118. The lowest BCUT2D eigenvalue weighted by atomic mass is 10.1. The molecule has 0 aliphatic rings. The molecule has 0 radical (unpaired) electrons. The Kier molecular flexibility index (Phi) is 3.90. The Morgan fingerprint density at radius 3 is 2.30 bits per heavy atom. The van der Waals surface area contributed by atoms with E-state index < -0.39 is 0 Å². The van der Waals surface area contributed by atoms with E-state index in [4.69, 9.17) is 10.7 Å². The van der Waals surface area contributed by atoms with Crippen LogP contribution in [0.5, 0.6) is 0 Å². The molecular formula is C17H16N2S. The number of nitrogens with two attached hydrogens (primary N) is 1. The van der Waals surface area contributed by atoms with Crippen molar-refractivity contribution < 1.29 is 0 Å². The second-order valence-corrected chi connectivity index (χ2v) is 5.63. The lowest BCUT2D eigenvalue weighted by molar-refractivity contribution is 1.06. The molecule has 20 heavy (non-hydrogen) atoms. The number of thiazole rings is 1. The van der Waals surface area contributed by atoms with Crippen molar-refractivity contribution in [1.82, 2.24) is 4.98 Å². The Morgan fingerprint density at radius 1 is 0.900 bits per heavy atom. The van der Waals surface area contributed by atoms with Gasteiger partial charge in [0.05, 0.1) is 10.7 Å². The quantitative estimate of drug-likeness (QED) is 0.788. The topological polar surface area (TPSA) is 38.9 Å². The van der Waals surface area contributed by atoms with Crippen molar-refractivity contribution >= 4 is 11.3 Å². The summed E-state index contributed by atoms with van der Waals surface area (Å²) in [4.78, 5) is 4.71. The van der Waals surface area contributed by atoms with Crippen LogP contribution in [-0.2, 0) is 13.0 Å². The van der Waals surface area contributed by atoms with E-state index in [9.17, 15) is 0 Å². The molecule has 100 valence electrons. The second-order valence-electron chi connectivity index (χ2n) is 4.69. The fourth-order valence-electron chi connectivity index (χ4n) is 2.10. The van der Waals surface area contributed by atoms with Gasteiger partial charge in [-0.25, -0.2) is 4.98 Å². The maximum atomic E-state index is 5.61. The molecule has 1 heterocycles. The van der Waals surface area contributed by atoms with Gasteiger partial charge in [0.1, 0.15) is 0 Å². The van der Waals surface area contributed by atoms with Crippen LogP contribution >= 0.6 is 11.3 Å². The lowest BCUT2D eigenvalue weighted by Crippen LogP contribution is -1.96. The summed E-state index contributed by atoms with van der Waals surface area (Å²) in [7, 11) is 0. The SMILES string of the molecule is NCc1ccc(Cc2nc(-c3ccccc3)cs2)cc1. The summed E-state index contributed by atoms with van der Waals surface area (Å²) in [5, 5.41) is 3.27. The third kappa shape index (κ3) is 2.95. The molecule has 0 fully saturated rings. The average Bonchev–Trinajstić information content (AvgIpc) is 2.97. The summed E-state index contributed by atoms with van der Waals surface area (Å²) in [5.41, 5.74) is 10.3. The van der Waals surface area contributed by atoms with Gasteiger partial charge in [-0.1, -0.05) is 54.6 Å². The third-order valence-corrected chi connectivity index (χ3v) is 4.08. The normalized spacial score (nSPS) is 10.7. The molecule has 2 aromatic carbocycles. The number of rotatable bonds is 4. The highest BCUT2D eigenvalue weighted by atomic mass is 32.1. The Hall–Kier alpha value is -1.97. The van der Waals surface area contributed by atoms with Gasteiger partial charge < -0.3 is 5.73 Å². The van der Waals surface area contributed by atoms with E-state index in [1.165, 1.54) is 11.1 Å². The van der Waals surface area contributed by atoms with Crippen LogP contribution in [0.3, 0.4) is 0 Å². The number of hydrogen-bond donors (Lipinski definition) is 1. The first-order valence-electron chi connectivity index (χ1n) is 6.63. The molecule has 2 N–H and O–H groups in total. The highest BCUT2D eigenvalue weighted by Gasteiger charge is 2.05. The molecule has 0 amide bonds. The van der Waals surface area contributed by atoms with Gasteiger partial charge in [-0.3, -0.25) is 0 Å². The summed E-state index contributed by atoms with van der Waals surface area (Å²) >= 11 is 1.71. The van der Waals surface area contributed by atoms with Gasteiger partial charge in [0.25, 0.3) is 0 Å². The van der Waals surface area contributed by atoms with E-state index in [0.717, 1.165) is 22.7 Å². The zero-order chi connectivity index (χ0) is 13.8. The van der Waals surface area contributed by atoms with Gasteiger partial charge >= 0.3 is 0 Å². The van der Waals surface area contributed by atoms with E-state index in [0.29, 0.717) is 6.54 Å². The fourth-order valence-corrected chi connectivity index (χ4v) is 2.94. The van der Waals surface area contributed by atoms with Crippen molar-refractivity contribution in [1.29, 1.82) is 0 Å². The zero-order valence-corrected chi connectivity index (χ0v) is 11.9. The van der Waals surface area contributed by atoms with Crippen molar-refractivity contribution in [2.75, 3.05) is 0 Å². The van der Waals surface area contributed by atoms with E-state index in [1.54, 1.807) is 11.3 Å². The van der Waals surface area contributed by atoms with E-state index in [1.807, 2.05) is 18.2 Å². The predicted octanol–water partition coefficient (Wildman–Crippen LogP) is 3.86. The molecule has 3 rings (SSSR count). The van der Waals surface area contributed by atoms with Crippen LogP contribution in [0.4, 0.5) is 0 Å². The number of benzene rings is 2. The molecular weight excluding hydrogens is 264 g/mol. The number of aromatic nitrogens is 1. The van der Waals surface area contributed by atoms with Gasteiger partial charge in [0, 0.05) is 23.9 Å². The maximum Gasteiger partial charge on any atom is 0.0976 e. The van der Waals surface area contributed by atoms with Crippen molar-refractivity contribution in [3.05, 3.63) is 76.1 Å². The van der Waals surface area contributed by atoms with Gasteiger partial charge in [-0.05, 0) is 11.1 Å². The molecule has 0 aliphatic carbocycles. The molecule has 0 atom stereocenters. The Morgan fingerprint density at radius 2 is 1.60 bits per heavy atom. The minimum Gasteiger partial charge on any atom is -0.326 e.